The highest BCUT2D eigenvalue weighted by Gasteiger charge is 2.34. The SMILES string of the molecule is CCOC(c1ncc(C(C)NC)s1)C1CC1. The van der Waals surface area contributed by atoms with Crippen LogP contribution in [0, 0.1) is 5.92 Å². The highest BCUT2D eigenvalue weighted by atomic mass is 32.1. The third-order valence-electron chi connectivity index (χ3n) is 3.04. The highest BCUT2D eigenvalue weighted by molar-refractivity contribution is 7.11. The summed E-state index contributed by atoms with van der Waals surface area (Å²) in [7, 11) is 1.98. The van der Waals surface area contributed by atoms with Gasteiger partial charge in [-0.05, 0) is 39.7 Å². The highest BCUT2D eigenvalue weighted by Crippen LogP contribution is 2.44. The average molecular weight is 240 g/mol. The Morgan fingerprint density at radius 2 is 2.38 bits per heavy atom. The van der Waals surface area contributed by atoms with E-state index in [1.165, 1.54) is 17.7 Å². The molecule has 1 N–H and O–H groups in total. The number of thiazole rings is 1. The van der Waals surface area contributed by atoms with Crippen LogP contribution >= 0.6 is 11.3 Å². The van der Waals surface area contributed by atoms with E-state index in [2.05, 4.69) is 24.1 Å². The quantitative estimate of drug-likeness (QED) is 0.830. The molecular weight excluding hydrogens is 220 g/mol. The number of ether oxygens (including phenoxy) is 1. The summed E-state index contributed by atoms with van der Waals surface area (Å²) < 4.78 is 5.81. The van der Waals surface area contributed by atoms with Gasteiger partial charge >= 0.3 is 0 Å². The van der Waals surface area contributed by atoms with Gasteiger partial charge in [0, 0.05) is 23.7 Å². The molecule has 4 heteroatoms. The molecule has 1 aliphatic carbocycles. The summed E-state index contributed by atoms with van der Waals surface area (Å²) in [5.74, 6) is 0.712. The minimum absolute atomic E-state index is 0.243. The summed E-state index contributed by atoms with van der Waals surface area (Å²) in [6.45, 7) is 4.99. The zero-order valence-corrected chi connectivity index (χ0v) is 11.0. The summed E-state index contributed by atoms with van der Waals surface area (Å²) >= 11 is 1.78. The number of rotatable bonds is 6. The Hall–Kier alpha value is -0.450. The maximum Gasteiger partial charge on any atom is 0.122 e. The molecule has 2 rings (SSSR count). The molecule has 1 aromatic heterocycles. The van der Waals surface area contributed by atoms with E-state index in [1.807, 2.05) is 13.2 Å². The monoisotopic (exact) mass is 240 g/mol. The Morgan fingerprint density at radius 1 is 1.62 bits per heavy atom. The Bertz CT molecular complexity index is 336. The molecule has 0 radical (unpaired) electrons. The van der Waals surface area contributed by atoms with E-state index in [9.17, 15) is 0 Å². The molecule has 1 aromatic rings. The maximum atomic E-state index is 5.81. The Kier molecular flexibility index (Phi) is 3.95. The van der Waals surface area contributed by atoms with Gasteiger partial charge in [-0.15, -0.1) is 11.3 Å². The van der Waals surface area contributed by atoms with Crippen LogP contribution in [0.2, 0.25) is 0 Å². The smallest absolute Gasteiger partial charge is 0.122 e. The van der Waals surface area contributed by atoms with Crippen molar-refractivity contribution in [2.75, 3.05) is 13.7 Å². The topological polar surface area (TPSA) is 34.1 Å². The third-order valence-corrected chi connectivity index (χ3v) is 4.28. The zero-order chi connectivity index (χ0) is 11.5. The van der Waals surface area contributed by atoms with Crippen LogP contribution in [0.3, 0.4) is 0 Å². The lowest BCUT2D eigenvalue weighted by atomic mass is 10.2. The summed E-state index contributed by atoms with van der Waals surface area (Å²) in [5.41, 5.74) is 0. The fourth-order valence-corrected chi connectivity index (χ4v) is 2.89. The van der Waals surface area contributed by atoms with Crippen molar-refractivity contribution >= 4 is 11.3 Å². The Labute approximate surface area is 101 Å². The molecule has 0 aliphatic heterocycles. The Morgan fingerprint density at radius 3 is 2.94 bits per heavy atom. The number of aromatic nitrogens is 1. The molecule has 0 aromatic carbocycles. The van der Waals surface area contributed by atoms with Gasteiger partial charge in [0.2, 0.25) is 0 Å². The first-order chi connectivity index (χ1) is 7.76. The molecule has 1 saturated carbocycles. The van der Waals surface area contributed by atoms with Crippen LogP contribution in [0.5, 0.6) is 0 Å². The van der Waals surface area contributed by atoms with Gasteiger partial charge in [-0.25, -0.2) is 4.98 Å². The molecule has 0 bridgehead atoms. The summed E-state index contributed by atoms with van der Waals surface area (Å²) in [6.07, 6.45) is 4.81. The second-order valence-corrected chi connectivity index (χ2v) is 5.42. The molecule has 1 aliphatic rings. The van der Waals surface area contributed by atoms with Gasteiger partial charge in [0.15, 0.2) is 0 Å². The zero-order valence-electron chi connectivity index (χ0n) is 10.2. The second-order valence-electron chi connectivity index (χ2n) is 4.32. The molecule has 0 spiro atoms. The predicted molar refractivity (Wildman–Crippen MR) is 66.7 cm³/mol. The van der Waals surface area contributed by atoms with E-state index in [4.69, 9.17) is 4.74 Å². The van der Waals surface area contributed by atoms with Gasteiger partial charge in [0.05, 0.1) is 0 Å². The first-order valence-electron chi connectivity index (χ1n) is 6.00. The Balaban J connectivity index is 2.09. The van der Waals surface area contributed by atoms with Crippen molar-refractivity contribution in [2.45, 2.75) is 38.8 Å². The lowest BCUT2D eigenvalue weighted by Crippen LogP contribution is -2.10. The van der Waals surface area contributed by atoms with Gasteiger partial charge in [-0.2, -0.15) is 0 Å². The van der Waals surface area contributed by atoms with E-state index in [0.29, 0.717) is 12.0 Å². The predicted octanol–water partition coefficient (Wildman–Crippen LogP) is 2.91. The summed E-state index contributed by atoms with van der Waals surface area (Å²) in [5, 5.41) is 4.39. The van der Waals surface area contributed by atoms with Gasteiger partial charge in [-0.1, -0.05) is 0 Å². The van der Waals surface area contributed by atoms with Crippen molar-refractivity contribution in [3.8, 4) is 0 Å². The van der Waals surface area contributed by atoms with Crippen LogP contribution in [0.25, 0.3) is 0 Å². The van der Waals surface area contributed by atoms with Crippen molar-refractivity contribution in [3.05, 3.63) is 16.1 Å². The van der Waals surface area contributed by atoms with Crippen LogP contribution in [0.1, 0.15) is 48.7 Å². The molecule has 90 valence electrons. The number of nitrogens with one attached hydrogen (secondary N) is 1. The fourth-order valence-electron chi connectivity index (χ4n) is 1.76. The molecule has 0 saturated heterocycles. The van der Waals surface area contributed by atoms with Crippen LogP contribution in [-0.2, 0) is 4.74 Å². The van der Waals surface area contributed by atoms with Crippen molar-refractivity contribution < 1.29 is 4.74 Å². The molecule has 2 atom stereocenters. The molecule has 2 unspecified atom stereocenters. The van der Waals surface area contributed by atoms with Crippen molar-refractivity contribution in [1.29, 1.82) is 0 Å². The van der Waals surface area contributed by atoms with Gasteiger partial charge in [-0.3, -0.25) is 0 Å². The van der Waals surface area contributed by atoms with E-state index in [1.54, 1.807) is 11.3 Å². The van der Waals surface area contributed by atoms with E-state index in [0.717, 1.165) is 11.6 Å². The molecule has 16 heavy (non-hydrogen) atoms. The molecule has 1 heterocycles. The first kappa shape index (κ1) is 12.0. The minimum Gasteiger partial charge on any atom is -0.371 e. The van der Waals surface area contributed by atoms with Crippen molar-refractivity contribution in [3.63, 3.8) is 0 Å². The lowest BCUT2D eigenvalue weighted by Gasteiger charge is -2.13. The largest absolute Gasteiger partial charge is 0.371 e. The third kappa shape index (κ3) is 2.62. The minimum atomic E-state index is 0.243. The van der Waals surface area contributed by atoms with Crippen LogP contribution in [0.4, 0.5) is 0 Å². The first-order valence-corrected chi connectivity index (χ1v) is 6.82. The van der Waals surface area contributed by atoms with E-state index in [-0.39, 0.29) is 6.10 Å². The normalized spacial score (nSPS) is 19.7. The maximum absolute atomic E-state index is 5.81. The molecule has 3 nitrogen and oxygen atoms in total. The average Bonchev–Trinajstić information content (AvgIpc) is 3.02. The number of hydrogen-bond acceptors (Lipinski definition) is 4. The van der Waals surface area contributed by atoms with Crippen LogP contribution in [0.15, 0.2) is 6.20 Å². The fraction of sp³-hybridized carbons (Fsp3) is 0.750. The lowest BCUT2D eigenvalue weighted by molar-refractivity contribution is 0.0462. The van der Waals surface area contributed by atoms with Crippen molar-refractivity contribution in [1.82, 2.24) is 10.3 Å². The summed E-state index contributed by atoms with van der Waals surface area (Å²) in [6, 6.07) is 0.382. The van der Waals surface area contributed by atoms with Gasteiger partial charge in [0.1, 0.15) is 11.1 Å². The van der Waals surface area contributed by atoms with Crippen LogP contribution < -0.4 is 5.32 Å². The van der Waals surface area contributed by atoms with Crippen LogP contribution in [-0.4, -0.2) is 18.6 Å². The molecular formula is C12H20N2OS. The van der Waals surface area contributed by atoms with Gasteiger partial charge < -0.3 is 10.1 Å². The molecule has 1 fully saturated rings. The number of nitrogens with zero attached hydrogens (tertiary/aromatic N) is 1. The van der Waals surface area contributed by atoms with Gasteiger partial charge in [0.25, 0.3) is 0 Å². The van der Waals surface area contributed by atoms with Crippen molar-refractivity contribution in [2.24, 2.45) is 5.92 Å². The van der Waals surface area contributed by atoms with E-state index < -0.39 is 0 Å². The van der Waals surface area contributed by atoms with E-state index >= 15 is 0 Å². The number of hydrogen-bond donors (Lipinski definition) is 1. The summed E-state index contributed by atoms with van der Waals surface area (Å²) in [4.78, 5) is 5.81. The molecule has 0 amide bonds. The standard InChI is InChI=1S/C12H20N2OS/c1-4-15-11(9-5-6-9)12-14-7-10(16-12)8(2)13-3/h7-9,11,13H,4-6H2,1-3H3. The second kappa shape index (κ2) is 5.25.